The number of rotatable bonds is 7. The normalized spacial score (nSPS) is 15.7. The molecule has 6 heteroatoms. The van der Waals surface area contributed by atoms with E-state index < -0.39 is 6.04 Å². The van der Waals surface area contributed by atoms with Crippen molar-refractivity contribution < 1.29 is 9.59 Å². The van der Waals surface area contributed by atoms with Crippen LogP contribution in [0, 0.1) is 6.92 Å². The molecule has 5 nitrogen and oxygen atoms in total. The third-order valence-corrected chi connectivity index (χ3v) is 6.15. The predicted octanol–water partition coefficient (Wildman–Crippen LogP) is 2.94. The molecular weight excluding hydrogens is 382 g/mol. The molecular formula is C23H29N3O2S. The summed E-state index contributed by atoms with van der Waals surface area (Å²) in [7, 11) is 0. The van der Waals surface area contributed by atoms with Crippen LogP contribution in [0.2, 0.25) is 0 Å². The third-order valence-electron chi connectivity index (χ3n) is 5.05. The summed E-state index contributed by atoms with van der Waals surface area (Å²) in [5, 5.41) is 2.85. The summed E-state index contributed by atoms with van der Waals surface area (Å²) >= 11 is 1.60. The van der Waals surface area contributed by atoms with Gasteiger partial charge in [-0.1, -0.05) is 48.0 Å². The van der Waals surface area contributed by atoms with Crippen LogP contribution in [0.25, 0.3) is 0 Å². The van der Waals surface area contributed by atoms with Crippen molar-refractivity contribution in [2.45, 2.75) is 31.3 Å². The molecule has 1 unspecified atom stereocenters. The zero-order valence-corrected chi connectivity index (χ0v) is 18.0. The molecule has 1 heterocycles. The van der Waals surface area contributed by atoms with Crippen LogP contribution in [0.5, 0.6) is 0 Å². The summed E-state index contributed by atoms with van der Waals surface area (Å²) in [6.07, 6.45) is 0. The Morgan fingerprint density at radius 2 is 1.66 bits per heavy atom. The molecule has 0 spiro atoms. The van der Waals surface area contributed by atoms with Gasteiger partial charge in [0, 0.05) is 50.3 Å². The average molecular weight is 412 g/mol. The number of benzene rings is 2. The molecule has 2 amide bonds. The minimum Gasteiger partial charge on any atom is -0.344 e. The first-order chi connectivity index (χ1) is 14.0. The molecule has 154 valence electrons. The fourth-order valence-electron chi connectivity index (χ4n) is 3.42. The lowest BCUT2D eigenvalue weighted by atomic mass is 10.2. The highest BCUT2D eigenvalue weighted by Crippen LogP contribution is 2.20. The van der Waals surface area contributed by atoms with Crippen molar-refractivity contribution in [2.24, 2.45) is 0 Å². The van der Waals surface area contributed by atoms with Gasteiger partial charge in [0.25, 0.3) is 0 Å². The lowest BCUT2D eigenvalue weighted by molar-refractivity contribution is -0.137. The standard InChI is InChI=1S/C23H29N3O2S/c1-18-8-10-21(11-9-18)29-17-22(24-19(2)27)23(28)26-14-12-25(13-15-26)16-20-6-4-3-5-7-20/h3-11,22H,12-17H2,1-2H3,(H,24,27). The minimum atomic E-state index is -0.500. The van der Waals surface area contributed by atoms with E-state index in [0.717, 1.165) is 24.5 Å². The van der Waals surface area contributed by atoms with E-state index in [2.05, 4.69) is 65.7 Å². The van der Waals surface area contributed by atoms with E-state index >= 15 is 0 Å². The number of carbonyl (C=O) groups excluding carboxylic acids is 2. The molecule has 2 aromatic carbocycles. The summed E-state index contributed by atoms with van der Waals surface area (Å²) in [5.41, 5.74) is 2.50. The van der Waals surface area contributed by atoms with Gasteiger partial charge >= 0.3 is 0 Å². The summed E-state index contributed by atoms with van der Waals surface area (Å²) < 4.78 is 0. The maximum absolute atomic E-state index is 13.1. The monoisotopic (exact) mass is 411 g/mol. The Morgan fingerprint density at radius 3 is 2.28 bits per heavy atom. The molecule has 0 bridgehead atoms. The zero-order chi connectivity index (χ0) is 20.6. The summed E-state index contributed by atoms with van der Waals surface area (Å²) in [4.78, 5) is 30.1. The Labute approximate surface area is 177 Å². The zero-order valence-electron chi connectivity index (χ0n) is 17.1. The molecule has 29 heavy (non-hydrogen) atoms. The first-order valence-electron chi connectivity index (χ1n) is 10.0. The molecule has 0 aliphatic carbocycles. The van der Waals surface area contributed by atoms with Gasteiger partial charge in [-0.2, -0.15) is 0 Å². The number of thioether (sulfide) groups is 1. The molecule has 1 fully saturated rings. The third kappa shape index (κ3) is 6.61. The highest BCUT2D eigenvalue weighted by Gasteiger charge is 2.28. The highest BCUT2D eigenvalue weighted by atomic mass is 32.2. The van der Waals surface area contributed by atoms with Gasteiger partial charge in [0.05, 0.1) is 0 Å². The number of nitrogens with one attached hydrogen (secondary N) is 1. The first-order valence-corrected chi connectivity index (χ1v) is 11.0. The van der Waals surface area contributed by atoms with Gasteiger partial charge in [0.1, 0.15) is 6.04 Å². The topological polar surface area (TPSA) is 52.7 Å². The number of amides is 2. The van der Waals surface area contributed by atoms with Gasteiger partial charge in [-0.05, 0) is 24.6 Å². The van der Waals surface area contributed by atoms with Gasteiger partial charge in [-0.3, -0.25) is 14.5 Å². The van der Waals surface area contributed by atoms with Crippen LogP contribution < -0.4 is 5.32 Å². The Balaban J connectivity index is 1.53. The molecule has 0 radical (unpaired) electrons. The van der Waals surface area contributed by atoms with Crippen LogP contribution in [0.15, 0.2) is 59.5 Å². The van der Waals surface area contributed by atoms with Gasteiger partial charge in [0.15, 0.2) is 0 Å². The minimum absolute atomic E-state index is 0.0131. The molecule has 0 aromatic heterocycles. The maximum Gasteiger partial charge on any atom is 0.246 e. The number of carbonyl (C=O) groups is 2. The number of hydrogen-bond acceptors (Lipinski definition) is 4. The van der Waals surface area contributed by atoms with Gasteiger partial charge in [0.2, 0.25) is 11.8 Å². The van der Waals surface area contributed by atoms with Crippen LogP contribution >= 0.6 is 11.8 Å². The fourth-order valence-corrected chi connectivity index (χ4v) is 4.34. The summed E-state index contributed by atoms with van der Waals surface area (Å²) in [6.45, 7) is 7.50. The van der Waals surface area contributed by atoms with Gasteiger partial charge in [-0.15, -0.1) is 11.8 Å². The molecule has 1 aliphatic heterocycles. The Kier molecular flexibility index (Phi) is 7.72. The first kappa shape index (κ1) is 21.4. The van der Waals surface area contributed by atoms with Crippen molar-refractivity contribution in [3.8, 4) is 0 Å². The number of hydrogen-bond donors (Lipinski definition) is 1. The van der Waals surface area contributed by atoms with Crippen LogP contribution in [0.1, 0.15) is 18.1 Å². The second-order valence-electron chi connectivity index (χ2n) is 7.46. The van der Waals surface area contributed by atoms with Crippen molar-refractivity contribution >= 4 is 23.6 Å². The van der Waals surface area contributed by atoms with Gasteiger partial charge < -0.3 is 10.2 Å². The Bertz CT molecular complexity index is 803. The smallest absolute Gasteiger partial charge is 0.246 e. The predicted molar refractivity (Wildman–Crippen MR) is 118 cm³/mol. The highest BCUT2D eigenvalue weighted by molar-refractivity contribution is 7.99. The second-order valence-corrected chi connectivity index (χ2v) is 8.56. The van der Waals surface area contributed by atoms with E-state index in [1.54, 1.807) is 11.8 Å². The average Bonchev–Trinajstić information content (AvgIpc) is 2.73. The van der Waals surface area contributed by atoms with E-state index in [1.807, 2.05) is 11.0 Å². The number of piperazine rings is 1. The lowest BCUT2D eigenvalue weighted by Crippen LogP contribution is -2.55. The number of aryl methyl sites for hydroxylation is 1. The molecule has 1 N–H and O–H groups in total. The van der Waals surface area contributed by atoms with E-state index in [-0.39, 0.29) is 11.8 Å². The molecule has 1 saturated heterocycles. The molecule has 0 saturated carbocycles. The maximum atomic E-state index is 13.1. The summed E-state index contributed by atoms with van der Waals surface area (Å²) in [6, 6.07) is 18.1. The van der Waals surface area contributed by atoms with Crippen LogP contribution in [0.4, 0.5) is 0 Å². The van der Waals surface area contributed by atoms with Crippen molar-refractivity contribution in [3.05, 3.63) is 65.7 Å². The van der Waals surface area contributed by atoms with Crippen molar-refractivity contribution in [1.29, 1.82) is 0 Å². The van der Waals surface area contributed by atoms with Crippen LogP contribution in [-0.2, 0) is 16.1 Å². The van der Waals surface area contributed by atoms with Crippen molar-refractivity contribution in [1.82, 2.24) is 15.1 Å². The molecule has 3 rings (SSSR count). The second kappa shape index (κ2) is 10.5. The molecule has 1 aliphatic rings. The van der Waals surface area contributed by atoms with Crippen LogP contribution in [-0.4, -0.2) is 59.6 Å². The molecule has 1 atom stereocenters. The largest absolute Gasteiger partial charge is 0.344 e. The Hall–Kier alpha value is -2.31. The number of nitrogens with zero attached hydrogens (tertiary/aromatic N) is 2. The van der Waals surface area contributed by atoms with E-state index in [9.17, 15) is 9.59 Å². The van der Waals surface area contributed by atoms with Crippen molar-refractivity contribution in [3.63, 3.8) is 0 Å². The van der Waals surface area contributed by atoms with Crippen molar-refractivity contribution in [2.75, 3.05) is 31.9 Å². The molecule has 2 aromatic rings. The fraction of sp³-hybridized carbons (Fsp3) is 0.391. The van der Waals surface area contributed by atoms with E-state index in [4.69, 9.17) is 0 Å². The lowest BCUT2D eigenvalue weighted by Gasteiger charge is -2.36. The van der Waals surface area contributed by atoms with E-state index in [0.29, 0.717) is 18.8 Å². The van der Waals surface area contributed by atoms with E-state index in [1.165, 1.54) is 18.1 Å². The SMILES string of the molecule is CC(=O)NC(CSc1ccc(C)cc1)C(=O)N1CCN(Cc2ccccc2)CC1. The Morgan fingerprint density at radius 1 is 1.00 bits per heavy atom. The van der Waals surface area contributed by atoms with Gasteiger partial charge in [-0.25, -0.2) is 0 Å². The quantitative estimate of drug-likeness (QED) is 0.712. The summed E-state index contributed by atoms with van der Waals surface area (Å²) in [5.74, 6) is 0.376. The van der Waals surface area contributed by atoms with Crippen LogP contribution in [0.3, 0.4) is 0 Å².